The number of Topliss-reactive ketones (excluding diaryl/α,β-unsaturated/α-hetero) is 1. The Labute approximate surface area is 228 Å². The highest BCUT2D eigenvalue weighted by Crippen LogP contribution is 2.23. The van der Waals surface area contributed by atoms with Gasteiger partial charge in [-0.2, -0.15) is 13.2 Å². The molecule has 3 amide bonds. The summed E-state index contributed by atoms with van der Waals surface area (Å²) in [5.41, 5.74) is 0.340. The van der Waals surface area contributed by atoms with Crippen molar-refractivity contribution in [1.82, 2.24) is 16.0 Å². The molecule has 0 aliphatic rings. The average Bonchev–Trinajstić information content (AvgIpc) is 2.88. The van der Waals surface area contributed by atoms with Crippen LogP contribution in [0.4, 0.5) is 13.2 Å². The van der Waals surface area contributed by atoms with Crippen molar-refractivity contribution in [3.63, 3.8) is 0 Å². The minimum atomic E-state index is -5.19. The summed E-state index contributed by atoms with van der Waals surface area (Å²) in [7, 11) is 2.70. The van der Waals surface area contributed by atoms with Gasteiger partial charge < -0.3 is 25.4 Å². The van der Waals surface area contributed by atoms with Crippen LogP contribution in [-0.4, -0.2) is 62.6 Å². The second-order valence-corrected chi connectivity index (χ2v) is 9.24. The van der Waals surface area contributed by atoms with Gasteiger partial charge in [0.15, 0.2) is 0 Å². The largest absolute Gasteiger partial charge is 0.497 e. The number of carbonyl (C=O) groups excluding carboxylic acids is 4. The molecule has 3 atom stereocenters. The van der Waals surface area contributed by atoms with Crippen molar-refractivity contribution in [3.05, 3.63) is 64.7 Å². The second-order valence-electron chi connectivity index (χ2n) is 8.80. The van der Waals surface area contributed by atoms with E-state index in [0.717, 1.165) is 0 Å². The Bertz CT molecular complexity index is 1170. The first-order valence-corrected chi connectivity index (χ1v) is 12.1. The standard InChI is InChI=1S/C26H29ClF3N3O6/c1-14(2)20(22(34)26(28,29)30)32-25(37)21(15-8-10-18(39-4)11-9-15)33-24(36)19(13-38-3)31-23(35)16-6-5-7-17(27)12-16/h5-12,14,19-21H,13H2,1-4H3,(H,31,35)(H,32,37)(H,33,36). The van der Waals surface area contributed by atoms with Gasteiger partial charge in [-0.1, -0.05) is 43.6 Å². The highest BCUT2D eigenvalue weighted by Gasteiger charge is 2.45. The minimum Gasteiger partial charge on any atom is -0.497 e. The summed E-state index contributed by atoms with van der Waals surface area (Å²) in [6.07, 6.45) is -5.19. The first-order valence-electron chi connectivity index (χ1n) is 11.7. The molecule has 0 aromatic heterocycles. The molecule has 9 nitrogen and oxygen atoms in total. The van der Waals surface area contributed by atoms with E-state index >= 15 is 0 Å². The lowest BCUT2D eigenvalue weighted by molar-refractivity contribution is -0.175. The van der Waals surface area contributed by atoms with E-state index in [-0.39, 0.29) is 17.7 Å². The zero-order valence-corrected chi connectivity index (χ0v) is 22.4. The summed E-state index contributed by atoms with van der Waals surface area (Å²) in [5, 5.41) is 7.33. The molecular formula is C26H29ClF3N3O6. The molecule has 13 heteroatoms. The third-order valence-electron chi connectivity index (χ3n) is 5.57. The molecule has 0 spiro atoms. The third-order valence-corrected chi connectivity index (χ3v) is 5.80. The van der Waals surface area contributed by atoms with Crippen LogP contribution in [0.3, 0.4) is 0 Å². The Hall–Kier alpha value is -3.64. The Morgan fingerprint density at radius 3 is 2.08 bits per heavy atom. The fraction of sp³-hybridized carbons (Fsp3) is 0.385. The maximum atomic E-state index is 13.2. The number of benzene rings is 2. The summed E-state index contributed by atoms with van der Waals surface area (Å²) in [5.74, 6) is -5.21. The lowest BCUT2D eigenvalue weighted by Crippen LogP contribution is -2.55. The number of halogens is 4. The second kappa shape index (κ2) is 13.9. The Kier molecular flexibility index (Phi) is 11.3. The molecule has 0 saturated heterocycles. The van der Waals surface area contributed by atoms with E-state index < -0.39 is 53.7 Å². The van der Waals surface area contributed by atoms with Crippen LogP contribution in [0.2, 0.25) is 5.02 Å². The maximum absolute atomic E-state index is 13.2. The number of nitrogens with one attached hydrogen (secondary N) is 3. The zero-order chi connectivity index (χ0) is 29.3. The molecule has 0 radical (unpaired) electrons. The molecule has 2 rings (SSSR count). The fourth-order valence-electron chi connectivity index (χ4n) is 3.51. The van der Waals surface area contributed by atoms with Gasteiger partial charge in [-0.3, -0.25) is 19.2 Å². The van der Waals surface area contributed by atoms with E-state index in [0.29, 0.717) is 10.8 Å². The van der Waals surface area contributed by atoms with Crippen LogP contribution in [0.1, 0.15) is 35.8 Å². The highest BCUT2D eigenvalue weighted by molar-refractivity contribution is 6.31. The van der Waals surface area contributed by atoms with Gasteiger partial charge in [-0.05, 0) is 41.8 Å². The van der Waals surface area contributed by atoms with E-state index in [1.807, 2.05) is 0 Å². The van der Waals surface area contributed by atoms with Crippen LogP contribution in [0.5, 0.6) is 5.75 Å². The van der Waals surface area contributed by atoms with Gasteiger partial charge in [0.05, 0.1) is 19.8 Å². The van der Waals surface area contributed by atoms with Crippen LogP contribution >= 0.6 is 11.6 Å². The molecule has 2 aromatic carbocycles. The molecule has 3 N–H and O–H groups in total. The Morgan fingerprint density at radius 1 is 0.923 bits per heavy atom. The first kappa shape index (κ1) is 31.6. The molecule has 0 heterocycles. The van der Waals surface area contributed by atoms with Crippen molar-refractivity contribution in [1.29, 1.82) is 0 Å². The van der Waals surface area contributed by atoms with Crippen molar-refractivity contribution in [2.24, 2.45) is 5.92 Å². The summed E-state index contributed by atoms with van der Waals surface area (Å²) in [6, 6.07) is 7.05. The van der Waals surface area contributed by atoms with Gasteiger partial charge in [0.25, 0.3) is 11.7 Å². The molecule has 3 unspecified atom stereocenters. The van der Waals surface area contributed by atoms with E-state index in [1.54, 1.807) is 12.1 Å². The maximum Gasteiger partial charge on any atom is 0.452 e. The van der Waals surface area contributed by atoms with Gasteiger partial charge in [0.1, 0.15) is 17.8 Å². The molecule has 39 heavy (non-hydrogen) atoms. The predicted molar refractivity (Wildman–Crippen MR) is 136 cm³/mol. The number of hydrogen-bond acceptors (Lipinski definition) is 6. The molecule has 0 bridgehead atoms. The number of alkyl halides is 3. The number of methoxy groups -OCH3 is 2. The first-order chi connectivity index (χ1) is 18.3. The smallest absolute Gasteiger partial charge is 0.452 e. The lowest BCUT2D eigenvalue weighted by atomic mass is 9.97. The van der Waals surface area contributed by atoms with E-state index in [4.69, 9.17) is 21.1 Å². The Balaban J connectivity index is 2.35. The average molecular weight is 572 g/mol. The molecular weight excluding hydrogens is 543 g/mol. The number of hydrogen-bond donors (Lipinski definition) is 3. The molecule has 2 aromatic rings. The Morgan fingerprint density at radius 2 is 1.56 bits per heavy atom. The van der Waals surface area contributed by atoms with Crippen LogP contribution in [0.15, 0.2) is 48.5 Å². The monoisotopic (exact) mass is 571 g/mol. The number of amides is 3. The predicted octanol–water partition coefficient (Wildman–Crippen LogP) is 3.22. The number of rotatable bonds is 12. The van der Waals surface area contributed by atoms with Crippen molar-refractivity contribution < 1.29 is 41.8 Å². The minimum absolute atomic E-state index is 0.159. The van der Waals surface area contributed by atoms with Crippen molar-refractivity contribution in [3.8, 4) is 5.75 Å². The SMILES string of the molecule is COCC(NC(=O)c1cccc(Cl)c1)C(=O)NC(C(=O)NC(C(=O)C(F)(F)F)C(C)C)c1ccc(OC)cc1. The van der Waals surface area contributed by atoms with Crippen molar-refractivity contribution in [2.75, 3.05) is 20.8 Å². The van der Waals surface area contributed by atoms with Crippen molar-refractivity contribution in [2.45, 2.75) is 38.1 Å². The van der Waals surface area contributed by atoms with Gasteiger partial charge in [0, 0.05) is 17.7 Å². The van der Waals surface area contributed by atoms with Crippen LogP contribution < -0.4 is 20.7 Å². The van der Waals surface area contributed by atoms with E-state index in [9.17, 15) is 32.3 Å². The highest BCUT2D eigenvalue weighted by atomic mass is 35.5. The molecule has 0 aliphatic carbocycles. The van der Waals surface area contributed by atoms with Crippen LogP contribution in [0, 0.1) is 5.92 Å². The van der Waals surface area contributed by atoms with Gasteiger partial charge in [-0.15, -0.1) is 0 Å². The number of ketones is 1. The summed E-state index contributed by atoms with van der Waals surface area (Å²) in [6.45, 7) is 2.39. The fourth-order valence-corrected chi connectivity index (χ4v) is 3.70. The third kappa shape index (κ3) is 8.96. The van der Waals surface area contributed by atoms with Gasteiger partial charge in [0.2, 0.25) is 11.8 Å². The van der Waals surface area contributed by atoms with Crippen LogP contribution in [-0.2, 0) is 19.1 Å². The zero-order valence-electron chi connectivity index (χ0n) is 21.6. The molecule has 212 valence electrons. The van der Waals surface area contributed by atoms with Crippen LogP contribution in [0.25, 0.3) is 0 Å². The summed E-state index contributed by atoms with van der Waals surface area (Å²) in [4.78, 5) is 51.1. The molecule has 0 saturated carbocycles. The summed E-state index contributed by atoms with van der Waals surface area (Å²) >= 11 is 5.92. The topological polar surface area (TPSA) is 123 Å². The number of carbonyl (C=O) groups is 4. The summed E-state index contributed by atoms with van der Waals surface area (Å²) < 4.78 is 49.6. The molecule has 0 fully saturated rings. The quantitative estimate of drug-likeness (QED) is 0.359. The lowest BCUT2D eigenvalue weighted by Gasteiger charge is -2.27. The van der Waals surface area contributed by atoms with Gasteiger partial charge >= 0.3 is 6.18 Å². The number of ether oxygens (including phenoxy) is 2. The van der Waals surface area contributed by atoms with E-state index in [2.05, 4.69) is 16.0 Å². The van der Waals surface area contributed by atoms with Crippen molar-refractivity contribution >= 4 is 35.1 Å². The van der Waals surface area contributed by atoms with E-state index in [1.165, 1.54) is 64.5 Å². The van der Waals surface area contributed by atoms with Gasteiger partial charge in [-0.25, -0.2) is 0 Å². The normalized spacial score (nSPS) is 13.7. The molecule has 0 aliphatic heterocycles.